The normalized spacial score (nSPS) is 15.7. The number of aryl methyl sites for hydroxylation is 2. The van der Waals surface area contributed by atoms with E-state index in [0.29, 0.717) is 28.1 Å². The standard InChI is InChI=1S/C26H24ClN5O4S2/c1-13-15(3)37-25-21(13)23(28-22(14(2)26(33)34)24-30-29-16(4)32(24)25)17-5-9-19(10-6-17)31-38(35,36)20-11-7-18(27)8-12-20/h5-12,14,22,31H,1-4H3,(H,33,34)/t14-,22?/m0/s1. The van der Waals surface area contributed by atoms with Crippen molar-refractivity contribution in [2.75, 3.05) is 4.72 Å². The Morgan fingerprint density at radius 3 is 2.37 bits per heavy atom. The number of carboxylic acids is 1. The lowest BCUT2D eigenvalue weighted by atomic mass is 9.98. The van der Waals surface area contributed by atoms with Crippen molar-refractivity contribution >= 4 is 50.3 Å². The highest BCUT2D eigenvalue weighted by Gasteiger charge is 2.36. The average Bonchev–Trinajstić information content (AvgIpc) is 3.34. The number of thiophene rings is 1. The molecule has 0 radical (unpaired) electrons. The van der Waals surface area contributed by atoms with E-state index >= 15 is 0 Å². The third kappa shape index (κ3) is 4.50. The summed E-state index contributed by atoms with van der Waals surface area (Å²) in [5, 5.41) is 19.7. The second-order valence-corrected chi connectivity index (χ2v) is 12.4. The highest BCUT2D eigenvalue weighted by atomic mass is 35.5. The van der Waals surface area contributed by atoms with Crippen LogP contribution in [0.3, 0.4) is 0 Å². The molecule has 9 nitrogen and oxygen atoms in total. The van der Waals surface area contributed by atoms with Gasteiger partial charge in [-0.2, -0.15) is 0 Å². The predicted octanol–water partition coefficient (Wildman–Crippen LogP) is 5.32. The Labute approximate surface area is 228 Å². The highest BCUT2D eigenvalue weighted by Crippen LogP contribution is 2.40. The minimum atomic E-state index is -3.81. The molecule has 2 aromatic carbocycles. The van der Waals surface area contributed by atoms with E-state index in [1.165, 1.54) is 24.3 Å². The van der Waals surface area contributed by atoms with E-state index in [4.69, 9.17) is 16.6 Å². The molecule has 2 aromatic heterocycles. The Kier molecular flexibility index (Phi) is 6.62. The molecule has 0 spiro atoms. The van der Waals surface area contributed by atoms with Crippen molar-refractivity contribution in [2.24, 2.45) is 10.9 Å². The van der Waals surface area contributed by atoms with E-state index in [1.54, 1.807) is 42.5 Å². The average molecular weight is 570 g/mol. The lowest BCUT2D eigenvalue weighted by molar-refractivity contribution is -0.141. The topological polar surface area (TPSA) is 127 Å². The van der Waals surface area contributed by atoms with Crippen LogP contribution in [0.1, 0.15) is 46.2 Å². The smallest absolute Gasteiger partial charge is 0.308 e. The molecule has 0 bridgehead atoms. The van der Waals surface area contributed by atoms with Crippen molar-refractivity contribution in [2.45, 2.75) is 38.6 Å². The number of carboxylic acid groups (broad SMARTS) is 1. The molecule has 0 amide bonds. The first-order chi connectivity index (χ1) is 18.0. The fourth-order valence-corrected chi connectivity index (χ4v) is 6.74. The molecule has 0 fully saturated rings. The van der Waals surface area contributed by atoms with Crippen LogP contribution in [0, 0.1) is 26.7 Å². The molecule has 38 heavy (non-hydrogen) atoms. The molecule has 0 saturated heterocycles. The van der Waals surface area contributed by atoms with E-state index in [2.05, 4.69) is 14.9 Å². The molecule has 0 saturated carbocycles. The van der Waals surface area contributed by atoms with Gasteiger partial charge in [-0.1, -0.05) is 23.7 Å². The number of aromatic nitrogens is 3. The van der Waals surface area contributed by atoms with Gasteiger partial charge in [0.15, 0.2) is 5.82 Å². The van der Waals surface area contributed by atoms with Crippen molar-refractivity contribution in [3.63, 3.8) is 0 Å². The minimum Gasteiger partial charge on any atom is -0.481 e. The monoisotopic (exact) mass is 569 g/mol. The number of anilines is 1. The number of carbonyl (C=O) groups is 1. The van der Waals surface area contributed by atoms with Crippen LogP contribution in [-0.4, -0.2) is 40.0 Å². The summed E-state index contributed by atoms with van der Waals surface area (Å²) in [6, 6.07) is 12.0. The van der Waals surface area contributed by atoms with Crippen molar-refractivity contribution in [3.8, 4) is 5.00 Å². The number of hydrogen-bond donors (Lipinski definition) is 2. The summed E-state index contributed by atoms with van der Waals surface area (Å²) in [5.74, 6) is -0.723. The number of nitrogens with one attached hydrogen (secondary N) is 1. The van der Waals surface area contributed by atoms with E-state index in [1.807, 2.05) is 25.3 Å². The first-order valence-electron chi connectivity index (χ1n) is 11.7. The molecule has 4 aromatic rings. The molecule has 2 atom stereocenters. The molecule has 0 aliphatic carbocycles. The van der Waals surface area contributed by atoms with E-state index < -0.39 is 28.0 Å². The molecular weight excluding hydrogens is 546 g/mol. The number of benzene rings is 2. The summed E-state index contributed by atoms with van der Waals surface area (Å²) in [6.07, 6.45) is 0. The van der Waals surface area contributed by atoms with Crippen molar-refractivity contribution in [1.29, 1.82) is 0 Å². The van der Waals surface area contributed by atoms with Gasteiger partial charge >= 0.3 is 5.97 Å². The lowest BCUT2D eigenvalue weighted by Crippen LogP contribution is -2.21. The number of sulfonamides is 1. The van der Waals surface area contributed by atoms with Crippen LogP contribution < -0.4 is 4.72 Å². The summed E-state index contributed by atoms with van der Waals surface area (Å²) in [6.45, 7) is 7.47. The summed E-state index contributed by atoms with van der Waals surface area (Å²) < 4.78 is 30.1. The lowest BCUT2D eigenvalue weighted by Gasteiger charge is -2.16. The zero-order chi connectivity index (χ0) is 27.4. The molecule has 1 aliphatic rings. The SMILES string of the molecule is Cc1sc2c(c1C)C(c1ccc(NS(=O)(=O)c3ccc(Cl)cc3)cc1)=NC([C@H](C)C(=O)O)c1nnc(C)n1-2. The molecule has 5 rings (SSSR count). The Morgan fingerprint density at radius 2 is 1.74 bits per heavy atom. The maximum absolute atomic E-state index is 12.8. The number of rotatable bonds is 6. The van der Waals surface area contributed by atoms with Gasteiger partial charge in [-0.3, -0.25) is 19.1 Å². The molecule has 1 aliphatic heterocycles. The maximum atomic E-state index is 12.8. The van der Waals surface area contributed by atoms with Gasteiger partial charge in [0.25, 0.3) is 10.0 Å². The summed E-state index contributed by atoms with van der Waals surface area (Å²) >= 11 is 7.46. The number of nitrogens with zero attached hydrogens (tertiary/aromatic N) is 4. The zero-order valence-corrected chi connectivity index (χ0v) is 23.3. The Hall–Kier alpha value is -3.54. The van der Waals surface area contributed by atoms with Crippen molar-refractivity contribution in [3.05, 3.63) is 86.8 Å². The number of halogens is 1. The largest absolute Gasteiger partial charge is 0.481 e. The van der Waals surface area contributed by atoms with Crippen molar-refractivity contribution in [1.82, 2.24) is 14.8 Å². The van der Waals surface area contributed by atoms with Gasteiger partial charge < -0.3 is 5.11 Å². The Bertz CT molecular complexity index is 1690. The first-order valence-corrected chi connectivity index (χ1v) is 14.4. The van der Waals surface area contributed by atoms with Crippen molar-refractivity contribution < 1.29 is 18.3 Å². The number of fused-ring (bicyclic) bond motifs is 3. The van der Waals surface area contributed by atoms with Crippen LogP contribution in [0.2, 0.25) is 5.02 Å². The van der Waals surface area contributed by atoms with E-state index in [9.17, 15) is 18.3 Å². The highest BCUT2D eigenvalue weighted by molar-refractivity contribution is 7.92. The second-order valence-electron chi connectivity index (χ2n) is 9.09. The van der Waals surface area contributed by atoms with Crippen LogP contribution >= 0.6 is 22.9 Å². The number of aliphatic imine (C=N–C) groups is 1. The molecule has 12 heteroatoms. The summed E-state index contributed by atoms with van der Waals surface area (Å²) in [4.78, 5) is 18.2. The Balaban J connectivity index is 1.59. The minimum absolute atomic E-state index is 0.0945. The van der Waals surface area contributed by atoms with Gasteiger partial charge in [0.1, 0.15) is 16.9 Å². The van der Waals surface area contributed by atoms with Gasteiger partial charge in [0, 0.05) is 26.7 Å². The molecular formula is C26H24ClN5O4S2. The second kappa shape index (κ2) is 9.64. The fraction of sp³-hybridized carbons (Fsp3) is 0.231. The van der Waals surface area contributed by atoms with Gasteiger partial charge in [-0.25, -0.2) is 8.42 Å². The molecule has 196 valence electrons. The van der Waals surface area contributed by atoms with Gasteiger partial charge in [0.2, 0.25) is 0 Å². The molecule has 3 heterocycles. The third-order valence-corrected chi connectivity index (χ3v) is 9.43. The van der Waals surface area contributed by atoms with Crippen LogP contribution in [0.25, 0.3) is 5.00 Å². The third-order valence-electron chi connectivity index (χ3n) is 6.59. The predicted molar refractivity (Wildman–Crippen MR) is 147 cm³/mol. The van der Waals surface area contributed by atoms with Gasteiger partial charge in [-0.15, -0.1) is 21.5 Å². The van der Waals surface area contributed by atoms with Gasteiger partial charge in [-0.05, 0) is 69.7 Å². The van der Waals surface area contributed by atoms with Crippen LogP contribution in [0.4, 0.5) is 5.69 Å². The van der Waals surface area contributed by atoms with Crippen LogP contribution in [0.15, 0.2) is 58.4 Å². The van der Waals surface area contributed by atoms with Gasteiger partial charge in [0.05, 0.1) is 16.5 Å². The fourth-order valence-electron chi connectivity index (χ4n) is 4.34. The van der Waals surface area contributed by atoms with Crippen LogP contribution in [0.5, 0.6) is 0 Å². The summed E-state index contributed by atoms with van der Waals surface area (Å²) in [7, 11) is -3.81. The first kappa shape index (κ1) is 26.1. The zero-order valence-electron chi connectivity index (χ0n) is 20.9. The number of hydrogen-bond acceptors (Lipinski definition) is 7. The Morgan fingerprint density at radius 1 is 1.08 bits per heavy atom. The maximum Gasteiger partial charge on any atom is 0.308 e. The molecule has 2 N–H and O–H groups in total. The van der Waals surface area contributed by atoms with Crippen LogP contribution in [-0.2, 0) is 14.8 Å². The number of aliphatic carboxylic acids is 1. The van der Waals surface area contributed by atoms with E-state index in [0.717, 1.165) is 26.6 Å². The summed E-state index contributed by atoms with van der Waals surface area (Å²) in [5.41, 5.74) is 3.63. The quantitative estimate of drug-likeness (QED) is 0.323. The van der Waals surface area contributed by atoms with E-state index in [-0.39, 0.29) is 4.90 Å². The molecule has 1 unspecified atom stereocenters.